The van der Waals surface area contributed by atoms with Crippen LogP contribution in [0.5, 0.6) is 0 Å². The van der Waals surface area contributed by atoms with Crippen molar-refractivity contribution >= 4 is 0 Å². The summed E-state index contributed by atoms with van der Waals surface area (Å²) in [6.45, 7) is 2.31. The number of hydrogen-bond acceptors (Lipinski definition) is 1. The molecule has 0 aromatic rings. The van der Waals surface area contributed by atoms with E-state index in [0.717, 1.165) is 6.04 Å². The van der Waals surface area contributed by atoms with Crippen molar-refractivity contribution in [2.75, 3.05) is 7.05 Å². The molecule has 0 radical (unpaired) electrons. The third kappa shape index (κ3) is 0.731. The van der Waals surface area contributed by atoms with Gasteiger partial charge in [-0.3, -0.25) is 4.90 Å². The molecule has 0 N–H and O–H groups in total. The highest BCUT2D eigenvalue weighted by atomic mass is 15.3. The SMILES string of the molecule is CCC1CCC2(CC2)N1C. The molecule has 10 heavy (non-hydrogen) atoms. The lowest BCUT2D eigenvalue weighted by atomic mass is 10.1. The molecule has 1 aliphatic heterocycles. The van der Waals surface area contributed by atoms with Gasteiger partial charge in [0.25, 0.3) is 0 Å². The van der Waals surface area contributed by atoms with E-state index in [0.29, 0.717) is 5.54 Å². The van der Waals surface area contributed by atoms with Gasteiger partial charge in [-0.25, -0.2) is 0 Å². The minimum Gasteiger partial charge on any atom is -0.298 e. The molecule has 2 fully saturated rings. The van der Waals surface area contributed by atoms with Crippen LogP contribution in [0.2, 0.25) is 0 Å². The van der Waals surface area contributed by atoms with Crippen LogP contribution in [0.4, 0.5) is 0 Å². The van der Waals surface area contributed by atoms with Gasteiger partial charge < -0.3 is 0 Å². The highest BCUT2D eigenvalue weighted by Crippen LogP contribution is 2.51. The van der Waals surface area contributed by atoms with Crippen LogP contribution < -0.4 is 0 Å². The quantitative estimate of drug-likeness (QED) is 0.537. The Kier molecular flexibility index (Phi) is 1.31. The van der Waals surface area contributed by atoms with Crippen LogP contribution in [0, 0.1) is 0 Å². The maximum absolute atomic E-state index is 2.63. The second kappa shape index (κ2) is 1.97. The average molecular weight is 139 g/mol. The Bertz CT molecular complexity index is 138. The smallest absolute Gasteiger partial charge is 0.0211 e. The maximum atomic E-state index is 2.63. The van der Waals surface area contributed by atoms with Crippen molar-refractivity contribution in [2.24, 2.45) is 0 Å². The molecule has 0 bridgehead atoms. The Labute approximate surface area is 63.4 Å². The molecule has 0 amide bonds. The van der Waals surface area contributed by atoms with Gasteiger partial charge in [0.1, 0.15) is 0 Å². The van der Waals surface area contributed by atoms with Crippen LogP contribution in [0.3, 0.4) is 0 Å². The van der Waals surface area contributed by atoms with Crippen molar-refractivity contribution in [1.29, 1.82) is 0 Å². The highest BCUT2D eigenvalue weighted by molar-refractivity contribution is 5.08. The van der Waals surface area contributed by atoms with E-state index in [9.17, 15) is 0 Å². The van der Waals surface area contributed by atoms with E-state index >= 15 is 0 Å². The van der Waals surface area contributed by atoms with Crippen molar-refractivity contribution < 1.29 is 0 Å². The summed E-state index contributed by atoms with van der Waals surface area (Å²) in [5, 5.41) is 0. The zero-order chi connectivity index (χ0) is 7.19. The zero-order valence-corrected chi connectivity index (χ0v) is 7.06. The second-order valence-electron chi connectivity index (χ2n) is 3.94. The molecule has 1 saturated heterocycles. The summed E-state index contributed by atoms with van der Waals surface area (Å²) in [6.07, 6.45) is 7.22. The molecule has 1 unspecified atom stereocenters. The maximum Gasteiger partial charge on any atom is 0.0211 e. The van der Waals surface area contributed by atoms with E-state index in [-0.39, 0.29) is 0 Å². The molecule has 1 atom stereocenters. The third-order valence-corrected chi connectivity index (χ3v) is 3.54. The molecule has 1 saturated carbocycles. The first-order valence-electron chi connectivity index (χ1n) is 4.51. The molecule has 1 nitrogen and oxygen atoms in total. The summed E-state index contributed by atoms with van der Waals surface area (Å²) in [4.78, 5) is 2.63. The van der Waals surface area contributed by atoms with E-state index in [1.54, 1.807) is 0 Å². The molecule has 1 spiro atoms. The van der Waals surface area contributed by atoms with Gasteiger partial charge >= 0.3 is 0 Å². The fourth-order valence-electron chi connectivity index (χ4n) is 2.42. The van der Waals surface area contributed by atoms with Crippen molar-refractivity contribution in [3.8, 4) is 0 Å². The first-order chi connectivity index (χ1) is 4.78. The first-order valence-corrected chi connectivity index (χ1v) is 4.51. The number of nitrogens with zero attached hydrogens (tertiary/aromatic N) is 1. The molecule has 1 aliphatic carbocycles. The zero-order valence-electron chi connectivity index (χ0n) is 7.06. The van der Waals surface area contributed by atoms with Crippen LogP contribution in [-0.2, 0) is 0 Å². The van der Waals surface area contributed by atoms with Crippen molar-refractivity contribution in [1.82, 2.24) is 4.90 Å². The van der Waals surface area contributed by atoms with Gasteiger partial charge in [0.2, 0.25) is 0 Å². The minimum absolute atomic E-state index is 0.709. The van der Waals surface area contributed by atoms with Gasteiger partial charge in [-0.05, 0) is 39.2 Å². The predicted molar refractivity (Wildman–Crippen MR) is 43.0 cm³/mol. The van der Waals surface area contributed by atoms with Crippen LogP contribution in [-0.4, -0.2) is 23.5 Å². The average Bonchev–Trinajstić information content (AvgIpc) is 2.63. The Hall–Kier alpha value is -0.0400. The van der Waals surface area contributed by atoms with Gasteiger partial charge in [-0.2, -0.15) is 0 Å². The summed E-state index contributed by atoms with van der Waals surface area (Å²) < 4.78 is 0. The summed E-state index contributed by atoms with van der Waals surface area (Å²) >= 11 is 0. The van der Waals surface area contributed by atoms with Gasteiger partial charge in [0.15, 0.2) is 0 Å². The molecule has 58 valence electrons. The molecular weight excluding hydrogens is 122 g/mol. The summed E-state index contributed by atoms with van der Waals surface area (Å²) in [7, 11) is 2.31. The van der Waals surface area contributed by atoms with Crippen LogP contribution >= 0.6 is 0 Å². The Balaban J connectivity index is 2.05. The standard InChI is InChI=1S/C9H17N/c1-3-8-4-5-9(6-7-9)10(8)2/h8H,3-7H2,1-2H3. The van der Waals surface area contributed by atoms with Crippen LogP contribution in [0.25, 0.3) is 0 Å². The van der Waals surface area contributed by atoms with E-state index in [2.05, 4.69) is 18.9 Å². The lowest BCUT2D eigenvalue weighted by Gasteiger charge is -2.24. The van der Waals surface area contributed by atoms with Crippen LogP contribution in [0.1, 0.15) is 39.0 Å². The molecular formula is C9H17N. The minimum atomic E-state index is 0.709. The van der Waals surface area contributed by atoms with E-state index in [4.69, 9.17) is 0 Å². The molecule has 0 aromatic heterocycles. The normalized spacial score (nSPS) is 37.2. The summed E-state index contributed by atoms with van der Waals surface area (Å²) in [5.41, 5.74) is 0.709. The molecule has 2 rings (SSSR count). The van der Waals surface area contributed by atoms with Crippen molar-refractivity contribution in [3.05, 3.63) is 0 Å². The van der Waals surface area contributed by atoms with Gasteiger partial charge in [-0.15, -0.1) is 0 Å². The van der Waals surface area contributed by atoms with Crippen molar-refractivity contribution in [3.63, 3.8) is 0 Å². The Morgan fingerprint density at radius 3 is 2.40 bits per heavy atom. The number of rotatable bonds is 1. The second-order valence-corrected chi connectivity index (χ2v) is 3.94. The van der Waals surface area contributed by atoms with Gasteiger partial charge in [0.05, 0.1) is 0 Å². The topological polar surface area (TPSA) is 3.24 Å². The monoisotopic (exact) mass is 139 g/mol. The fraction of sp³-hybridized carbons (Fsp3) is 1.00. The van der Waals surface area contributed by atoms with E-state index < -0.39 is 0 Å². The Morgan fingerprint density at radius 2 is 2.10 bits per heavy atom. The molecule has 1 heterocycles. The fourth-order valence-corrected chi connectivity index (χ4v) is 2.42. The molecule has 0 aromatic carbocycles. The lowest BCUT2D eigenvalue weighted by Crippen LogP contribution is -2.33. The van der Waals surface area contributed by atoms with Crippen molar-refractivity contribution in [2.45, 2.75) is 50.6 Å². The molecule has 1 heteroatoms. The summed E-state index contributed by atoms with van der Waals surface area (Å²) in [6, 6.07) is 0.905. The van der Waals surface area contributed by atoms with Gasteiger partial charge in [-0.1, -0.05) is 6.92 Å². The third-order valence-electron chi connectivity index (χ3n) is 3.54. The Morgan fingerprint density at radius 1 is 1.40 bits per heavy atom. The summed E-state index contributed by atoms with van der Waals surface area (Å²) in [5.74, 6) is 0. The number of hydrogen-bond donors (Lipinski definition) is 0. The van der Waals surface area contributed by atoms with Crippen LogP contribution in [0.15, 0.2) is 0 Å². The highest BCUT2D eigenvalue weighted by Gasteiger charge is 2.51. The predicted octanol–water partition coefficient (Wildman–Crippen LogP) is 2.02. The lowest BCUT2D eigenvalue weighted by molar-refractivity contribution is 0.220. The number of likely N-dealkylation sites (tertiary alicyclic amines) is 1. The largest absolute Gasteiger partial charge is 0.298 e. The van der Waals surface area contributed by atoms with Gasteiger partial charge in [0, 0.05) is 11.6 Å². The van der Waals surface area contributed by atoms with E-state index in [1.807, 2.05) is 0 Å². The first kappa shape index (κ1) is 6.66. The van der Waals surface area contributed by atoms with E-state index in [1.165, 1.54) is 32.1 Å². The molecule has 2 aliphatic rings.